The first-order chi connectivity index (χ1) is 42.0. The fourth-order valence-corrected chi connectivity index (χ4v) is 12.4. The van der Waals surface area contributed by atoms with Crippen molar-refractivity contribution in [2.75, 3.05) is 47.5 Å². The largest absolute Gasteiger partial charge is 0.472 e. The molecule has 510 valence electrons. The molecule has 86 heavy (non-hydrogen) atoms. The number of hydrogen-bond donors (Lipinski definition) is 1. The molecule has 0 aromatic carbocycles. The number of nitrogens with zero attached hydrogens (tertiary/aromatic N) is 1. The van der Waals surface area contributed by atoms with Gasteiger partial charge in [0.1, 0.15) is 19.8 Å². The van der Waals surface area contributed by atoms with Gasteiger partial charge >= 0.3 is 19.8 Å². The summed E-state index contributed by atoms with van der Waals surface area (Å²) in [5, 5.41) is 0. The summed E-state index contributed by atoms with van der Waals surface area (Å²) < 4.78 is 34.8. The second-order valence-electron chi connectivity index (χ2n) is 27.4. The third-order valence-corrected chi connectivity index (χ3v) is 18.5. The lowest BCUT2D eigenvalue weighted by Crippen LogP contribution is -2.37. The van der Waals surface area contributed by atoms with Gasteiger partial charge in [0.25, 0.3) is 0 Å². The van der Waals surface area contributed by atoms with Crippen LogP contribution in [-0.4, -0.2) is 74.9 Å². The molecule has 0 saturated heterocycles. The molecule has 0 aromatic heterocycles. The van der Waals surface area contributed by atoms with Crippen LogP contribution >= 0.6 is 7.82 Å². The van der Waals surface area contributed by atoms with Crippen LogP contribution in [0.2, 0.25) is 0 Å². The van der Waals surface area contributed by atoms with Gasteiger partial charge in [-0.15, -0.1) is 0 Å². The second kappa shape index (κ2) is 67.9. The number of quaternary nitrogens is 1. The van der Waals surface area contributed by atoms with Gasteiger partial charge in [0, 0.05) is 12.8 Å². The number of unbranched alkanes of at least 4 members (excludes halogenated alkanes) is 54. The lowest BCUT2D eigenvalue weighted by atomic mass is 10.0. The molecular weight excluding hydrogens is 1090 g/mol. The average Bonchev–Trinajstić information content (AvgIpc) is 3.56. The minimum atomic E-state index is -4.39. The highest BCUT2D eigenvalue weighted by Crippen LogP contribution is 2.43. The Hall–Kier alpha value is -1.51. The third-order valence-electron chi connectivity index (χ3n) is 17.5. The van der Waals surface area contributed by atoms with Gasteiger partial charge in [-0.25, -0.2) is 4.57 Å². The van der Waals surface area contributed by atoms with E-state index in [1.165, 1.54) is 327 Å². The van der Waals surface area contributed by atoms with Crippen molar-refractivity contribution in [1.82, 2.24) is 0 Å². The van der Waals surface area contributed by atoms with E-state index < -0.39 is 26.5 Å². The molecule has 9 nitrogen and oxygen atoms in total. The van der Waals surface area contributed by atoms with Crippen molar-refractivity contribution in [1.29, 1.82) is 0 Å². The Morgan fingerprint density at radius 1 is 0.360 bits per heavy atom. The smallest absolute Gasteiger partial charge is 0.462 e. The first-order valence-corrected chi connectivity index (χ1v) is 39.6. The topological polar surface area (TPSA) is 108 Å². The van der Waals surface area contributed by atoms with Gasteiger partial charge in [0.15, 0.2) is 6.10 Å². The Kier molecular flexibility index (Phi) is 66.7. The van der Waals surface area contributed by atoms with Gasteiger partial charge in [-0.3, -0.25) is 18.6 Å². The number of carbonyl (C=O) groups excluding carboxylic acids is 2. The van der Waals surface area contributed by atoms with Crippen LogP contribution in [0.1, 0.15) is 399 Å². The van der Waals surface area contributed by atoms with Crippen LogP contribution in [0.25, 0.3) is 0 Å². The number of hydrogen-bond acceptors (Lipinski definition) is 7. The minimum absolute atomic E-state index is 0.0342. The Balaban J connectivity index is 3.87. The number of likely N-dealkylation sites (N-methyl/N-ethyl adjacent to an activating group) is 1. The first-order valence-electron chi connectivity index (χ1n) is 38.1. The maximum absolute atomic E-state index is 12.9. The van der Waals surface area contributed by atoms with E-state index in [-0.39, 0.29) is 25.6 Å². The summed E-state index contributed by atoms with van der Waals surface area (Å²) in [6.07, 6.45) is 86.1. The molecule has 0 aliphatic heterocycles. The molecule has 1 N–H and O–H groups in total. The van der Waals surface area contributed by atoms with Crippen LogP contribution in [0.3, 0.4) is 0 Å². The number of rotatable bonds is 72. The molecule has 0 heterocycles. The Morgan fingerprint density at radius 2 is 0.628 bits per heavy atom. The fraction of sp³-hybridized carbons (Fsp3) is 0.921. The Bertz CT molecular complexity index is 1500. The van der Waals surface area contributed by atoms with E-state index in [9.17, 15) is 19.0 Å². The predicted octanol–water partition coefficient (Wildman–Crippen LogP) is 24.8. The lowest BCUT2D eigenvalue weighted by molar-refractivity contribution is -0.870. The molecule has 0 aromatic rings. The summed E-state index contributed by atoms with van der Waals surface area (Å²) in [4.78, 5) is 35.9. The van der Waals surface area contributed by atoms with Crippen LogP contribution < -0.4 is 0 Å². The van der Waals surface area contributed by atoms with Crippen LogP contribution in [0.4, 0.5) is 0 Å². The van der Waals surface area contributed by atoms with E-state index in [1.807, 2.05) is 21.1 Å². The van der Waals surface area contributed by atoms with E-state index in [0.717, 1.165) is 38.5 Å². The highest BCUT2D eigenvalue weighted by Gasteiger charge is 2.27. The van der Waals surface area contributed by atoms with Crippen molar-refractivity contribution in [3.63, 3.8) is 0 Å². The fourth-order valence-electron chi connectivity index (χ4n) is 11.6. The number of esters is 2. The molecule has 10 heteroatoms. The van der Waals surface area contributed by atoms with Gasteiger partial charge < -0.3 is 18.9 Å². The molecule has 0 aliphatic carbocycles. The number of phosphoric ester groups is 1. The van der Waals surface area contributed by atoms with Gasteiger partial charge in [-0.05, 0) is 44.9 Å². The lowest BCUT2D eigenvalue weighted by Gasteiger charge is -2.24. The monoisotopic (exact) mass is 1240 g/mol. The molecule has 0 spiro atoms. The number of allylic oxidation sites excluding steroid dienone is 4. The maximum atomic E-state index is 12.9. The van der Waals surface area contributed by atoms with Gasteiger partial charge in [-0.1, -0.05) is 366 Å². The number of ether oxygens (including phenoxy) is 2. The third kappa shape index (κ3) is 71.6. The zero-order valence-electron chi connectivity index (χ0n) is 58.3. The zero-order valence-corrected chi connectivity index (χ0v) is 59.2. The van der Waals surface area contributed by atoms with Crippen molar-refractivity contribution in [2.45, 2.75) is 405 Å². The summed E-state index contributed by atoms with van der Waals surface area (Å²) in [5.74, 6) is -0.777. The molecule has 0 fully saturated rings. The van der Waals surface area contributed by atoms with Gasteiger partial charge in [-0.2, -0.15) is 0 Å². The SMILES string of the molecule is CCCCCCC/C=C\C/C=C\CCCCCCCCCCCCCC(=O)OC(COC(=O)CCCCCCCCCCCCCCCCCCCCCCCCCCCCCCCCCCCCCCCCC)COP(=O)(O)OCC[N+](C)(C)C. The minimum Gasteiger partial charge on any atom is -0.462 e. The van der Waals surface area contributed by atoms with Gasteiger partial charge in [0.2, 0.25) is 0 Å². The molecule has 0 radical (unpaired) electrons. The summed E-state index contributed by atoms with van der Waals surface area (Å²) in [5.41, 5.74) is 0. The van der Waals surface area contributed by atoms with Crippen molar-refractivity contribution >= 4 is 19.8 Å². The van der Waals surface area contributed by atoms with E-state index in [0.29, 0.717) is 23.9 Å². The van der Waals surface area contributed by atoms with Crippen molar-refractivity contribution < 1.29 is 42.1 Å². The van der Waals surface area contributed by atoms with E-state index in [2.05, 4.69) is 38.2 Å². The van der Waals surface area contributed by atoms with Crippen LogP contribution in [0.15, 0.2) is 24.3 Å². The van der Waals surface area contributed by atoms with Crippen LogP contribution in [0, 0.1) is 0 Å². The van der Waals surface area contributed by atoms with Crippen molar-refractivity contribution in [3.05, 3.63) is 24.3 Å². The van der Waals surface area contributed by atoms with E-state index >= 15 is 0 Å². The molecule has 2 unspecified atom stereocenters. The summed E-state index contributed by atoms with van der Waals surface area (Å²) >= 11 is 0. The molecule has 0 rings (SSSR count). The van der Waals surface area contributed by atoms with Crippen molar-refractivity contribution in [2.24, 2.45) is 0 Å². The molecule has 0 amide bonds. The average molecular weight is 1240 g/mol. The predicted molar refractivity (Wildman–Crippen MR) is 372 cm³/mol. The number of carbonyl (C=O) groups is 2. The first kappa shape index (κ1) is 84.5. The maximum Gasteiger partial charge on any atom is 0.472 e. The van der Waals surface area contributed by atoms with Crippen molar-refractivity contribution in [3.8, 4) is 0 Å². The Morgan fingerprint density at radius 3 is 0.919 bits per heavy atom. The molecule has 0 saturated carbocycles. The molecule has 2 atom stereocenters. The quantitative estimate of drug-likeness (QED) is 0.0211. The number of phosphoric acid groups is 1. The van der Waals surface area contributed by atoms with Crippen LogP contribution in [0.5, 0.6) is 0 Å². The highest BCUT2D eigenvalue weighted by atomic mass is 31.2. The van der Waals surface area contributed by atoms with E-state index in [4.69, 9.17) is 18.5 Å². The molecule has 0 aliphatic rings. The van der Waals surface area contributed by atoms with Crippen LogP contribution in [-0.2, 0) is 32.7 Å². The van der Waals surface area contributed by atoms with Gasteiger partial charge in [0.05, 0.1) is 27.7 Å². The second-order valence-corrected chi connectivity index (χ2v) is 28.9. The summed E-state index contributed by atoms with van der Waals surface area (Å²) in [6, 6.07) is 0. The summed E-state index contributed by atoms with van der Waals surface area (Å²) in [6.45, 7) is 4.50. The Labute approximate surface area is 536 Å². The summed E-state index contributed by atoms with van der Waals surface area (Å²) in [7, 11) is 1.50. The normalized spacial score (nSPS) is 13.1. The highest BCUT2D eigenvalue weighted by molar-refractivity contribution is 7.47. The standard InChI is InChI=1S/C76H148NO8P/c1-6-8-10-12-14-16-18-20-22-24-26-28-30-31-32-33-34-35-36-37-38-39-40-41-42-43-44-45-47-48-50-52-54-56-58-60-62-64-66-68-75(78)82-72-74(73-84-86(80,81)83-71-70-77(3,4)5)85-76(79)69-67-65-63-61-59-57-55-53-51-49-46-29-27-25-23-21-19-17-15-13-11-9-7-2/h19,21,25,27,74H,6-18,20,22-24,26,28-73H2,1-5H3/p+1/b21-19-,27-25-. The molecule has 0 bridgehead atoms. The molecular formula is C76H149NO8P+. The zero-order chi connectivity index (χ0) is 62.6. The van der Waals surface area contributed by atoms with E-state index in [1.54, 1.807) is 0 Å².